The van der Waals surface area contributed by atoms with Crippen LogP contribution in [0.2, 0.25) is 0 Å². The summed E-state index contributed by atoms with van der Waals surface area (Å²) < 4.78 is 9.91. The molecule has 1 amide bonds. The van der Waals surface area contributed by atoms with Crippen LogP contribution in [0.3, 0.4) is 0 Å². The standard InChI is InChI=1S/C12H13N3O3S/c1-3-18-12(16)13-11-15-14-10(19-11)8-5-4-6-9(7-8)17-2/h4-7H,3H2,1-2H3,(H,13,15,16). The van der Waals surface area contributed by atoms with Gasteiger partial charge in [-0.05, 0) is 19.1 Å². The predicted molar refractivity (Wildman–Crippen MR) is 72.5 cm³/mol. The zero-order valence-electron chi connectivity index (χ0n) is 10.5. The van der Waals surface area contributed by atoms with E-state index in [4.69, 9.17) is 9.47 Å². The highest BCUT2D eigenvalue weighted by Crippen LogP contribution is 2.28. The second kappa shape index (κ2) is 6.14. The molecule has 0 saturated heterocycles. The zero-order chi connectivity index (χ0) is 13.7. The molecule has 6 nitrogen and oxygen atoms in total. The van der Waals surface area contributed by atoms with Crippen LogP contribution in [0, 0.1) is 0 Å². The van der Waals surface area contributed by atoms with Gasteiger partial charge >= 0.3 is 6.09 Å². The van der Waals surface area contributed by atoms with Gasteiger partial charge in [-0.1, -0.05) is 23.5 Å². The Bertz CT molecular complexity index is 571. The van der Waals surface area contributed by atoms with E-state index in [0.29, 0.717) is 16.7 Å². The summed E-state index contributed by atoms with van der Waals surface area (Å²) in [5.74, 6) is 0.743. The molecule has 0 unspecified atom stereocenters. The van der Waals surface area contributed by atoms with Crippen LogP contribution in [0.1, 0.15) is 6.92 Å². The highest BCUT2D eigenvalue weighted by atomic mass is 32.1. The van der Waals surface area contributed by atoms with Gasteiger partial charge in [-0.25, -0.2) is 4.79 Å². The molecular formula is C12H13N3O3S. The average Bonchev–Trinajstić information content (AvgIpc) is 2.87. The second-order valence-electron chi connectivity index (χ2n) is 3.49. The Hall–Kier alpha value is -2.15. The Labute approximate surface area is 114 Å². The number of ether oxygens (including phenoxy) is 2. The molecule has 1 aromatic heterocycles. The zero-order valence-corrected chi connectivity index (χ0v) is 11.4. The van der Waals surface area contributed by atoms with Gasteiger partial charge in [0.15, 0.2) is 0 Å². The van der Waals surface area contributed by atoms with Crippen LogP contribution in [0.15, 0.2) is 24.3 Å². The number of carbonyl (C=O) groups is 1. The van der Waals surface area contributed by atoms with Crippen molar-refractivity contribution in [3.8, 4) is 16.3 Å². The van der Waals surface area contributed by atoms with Crippen LogP contribution in [0.4, 0.5) is 9.93 Å². The van der Waals surface area contributed by atoms with Crippen molar-refractivity contribution in [2.24, 2.45) is 0 Å². The normalized spacial score (nSPS) is 10.0. The van der Waals surface area contributed by atoms with E-state index in [1.165, 1.54) is 11.3 Å². The predicted octanol–water partition coefficient (Wildman–Crippen LogP) is 2.78. The second-order valence-corrected chi connectivity index (χ2v) is 4.47. The van der Waals surface area contributed by atoms with Gasteiger partial charge in [0, 0.05) is 5.56 Å². The van der Waals surface area contributed by atoms with Gasteiger partial charge in [-0.2, -0.15) is 0 Å². The third-order valence-electron chi connectivity index (χ3n) is 2.23. The Morgan fingerprint density at radius 3 is 3.00 bits per heavy atom. The summed E-state index contributed by atoms with van der Waals surface area (Å²) in [6.45, 7) is 2.05. The van der Waals surface area contributed by atoms with Crippen molar-refractivity contribution >= 4 is 22.6 Å². The van der Waals surface area contributed by atoms with Gasteiger partial charge in [0.1, 0.15) is 10.8 Å². The molecule has 0 saturated carbocycles. The van der Waals surface area contributed by atoms with Crippen LogP contribution in [0.5, 0.6) is 5.75 Å². The highest BCUT2D eigenvalue weighted by molar-refractivity contribution is 7.18. The Morgan fingerprint density at radius 1 is 1.42 bits per heavy atom. The maximum atomic E-state index is 11.2. The van der Waals surface area contributed by atoms with Crippen LogP contribution < -0.4 is 10.1 Å². The quantitative estimate of drug-likeness (QED) is 0.931. The lowest BCUT2D eigenvalue weighted by molar-refractivity contribution is 0.168. The number of methoxy groups -OCH3 is 1. The number of carbonyl (C=O) groups excluding carboxylic acids is 1. The van der Waals surface area contributed by atoms with Crippen molar-refractivity contribution in [2.45, 2.75) is 6.92 Å². The van der Waals surface area contributed by atoms with Crippen LogP contribution in [-0.2, 0) is 4.74 Å². The minimum absolute atomic E-state index is 0.313. The van der Waals surface area contributed by atoms with Crippen molar-refractivity contribution < 1.29 is 14.3 Å². The number of aromatic nitrogens is 2. The summed E-state index contributed by atoms with van der Waals surface area (Å²) >= 11 is 1.27. The molecule has 2 rings (SSSR count). The molecule has 1 heterocycles. The van der Waals surface area contributed by atoms with Crippen molar-refractivity contribution in [1.29, 1.82) is 0 Å². The molecule has 0 aliphatic heterocycles. The summed E-state index contributed by atoms with van der Waals surface area (Å²) in [5.41, 5.74) is 0.883. The summed E-state index contributed by atoms with van der Waals surface area (Å²) in [4.78, 5) is 11.2. The van der Waals surface area contributed by atoms with Crippen LogP contribution in [-0.4, -0.2) is 30.0 Å². The summed E-state index contributed by atoms with van der Waals surface area (Å²) in [6, 6.07) is 7.47. The lowest BCUT2D eigenvalue weighted by Gasteiger charge is -2.01. The molecular weight excluding hydrogens is 266 g/mol. The van der Waals surface area contributed by atoms with E-state index in [-0.39, 0.29) is 0 Å². The first kappa shape index (κ1) is 13.3. The SMILES string of the molecule is CCOC(=O)Nc1nnc(-c2cccc(OC)c2)s1. The fourth-order valence-corrected chi connectivity index (χ4v) is 2.13. The first-order valence-electron chi connectivity index (χ1n) is 5.64. The van der Waals surface area contributed by atoms with Gasteiger partial charge in [0.2, 0.25) is 5.13 Å². The maximum Gasteiger partial charge on any atom is 0.413 e. The smallest absolute Gasteiger partial charge is 0.413 e. The van der Waals surface area contributed by atoms with E-state index in [1.54, 1.807) is 14.0 Å². The number of nitrogens with one attached hydrogen (secondary N) is 1. The number of amides is 1. The lowest BCUT2D eigenvalue weighted by atomic mass is 10.2. The topological polar surface area (TPSA) is 73.3 Å². The molecule has 7 heteroatoms. The summed E-state index contributed by atoms with van der Waals surface area (Å²) in [7, 11) is 1.60. The lowest BCUT2D eigenvalue weighted by Crippen LogP contribution is -2.12. The van der Waals surface area contributed by atoms with Crippen molar-refractivity contribution in [1.82, 2.24) is 10.2 Å². The van der Waals surface area contributed by atoms with Gasteiger partial charge in [-0.15, -0.1) is 10.2 Å². The Kier molecular flexibility index (Phi) is 4.30. The number of rotatable bonds is 4. The number of anilines is 1. The molecule has 0 bridgehead atoms. The number of nitrogens with zero attached hydrogens (tertiary/aromatic N) is 2. The monoisotopic (exact) mass is 279 g/mol. The number of benzene rings is 1. The maximum absolute atomic E-state index is 11.2. The van der Waals surface area contributed by atoms with Gasteiger partial charge in [0.25, 0.3) is 0 Å². The third-order valence-corrected chi connectivity index (χ3v) is 3.11. The van der Waals surface area contributed by atoms with E-state index < -0.39 is 6.09 Å². The molecule has 1 aromatic carbocycles. The number of hydrogen-bond acceptors (Lipinski definition) is 6. The fraction of sp³-hybridized carbons (Fsp3) is 0.250. The molecule has 0 aliphatic carbocycles. The van der Waals surface area contributed by atoms with Gasteiger partial charge in [0.05, 0.1) is 13.7 Å². The van der Waals surface area contributed by atoms with Gasteiger partial charge in [-0.3, -0.25) is 5.32 Å². The van der Waals surface area contributed by atoms with E-state index in [2.05, 4.69) is 15.5 Å². The third kappa shape index (κ3) is 3.41. The van der Waals surface area contributed by atoms with E-state index in [9.17, 15) is 4.79 Å². The molecule has 0 spiro atoms. The first-order valence-corrected chi connectivity index (χ1v) is 6.46. The molecule has 1 N–H and O–H groups in total. The molecule has 2 aromatic rings. The van der Waals surface area contributed by atoms with Crippen LogP contribution >= 0.6 is 11.3 Å². The molecule has 19 heavy (non-hydrogen) atoms. The Balaban J connectivity index is 2.13. The van der Waals surface area contributed by atoms with Gasteiger partial charge < -0.3 is 9.47 Å². The molecule has 0 atom stereocenters. The molecule has 0 aliphatic rings. The first-order chi connectivity index (χ1) is 9.22. The van der Waals surface area contributed by atoms with Crippen molar-refractivity contribution in [3.05, 3.63) is 24.3 Å². The minimum atomic E-state index is -0.532. The molecule has 0 radical (unpaired) electrons. The fourth-order valence-electron chi connectivity index (χ4n) is 1.40. The minimum Gasteiger partial charge on any atom is -0.497 e. The Morgan fingerprint density at radius 2 is 2.26 bits per heavy atom. The van der Waals surface area contributed by atoms with E-state index in [0.717, 1.165) is 11.3 Å². The largest absolute Gasteiger partial charge is 0.497 e. The molecule has 0 fully saturated rings. The highest BCUT2D eigenvalue weighted by Gasteiger charge is 2.10. The van der Waals surface area contributed by atoms with E-state index >= 15 is 0 Å². The van der Waals surface area contributed by atoms with E-state index in [1.807, 2.05) is 24.3 Å². The summed E-state index contributed by atoms with van der Waals surface area (Å²) in [6.07, 6.45) is -0.532. The number of hydrogen-bond donors (Lipinski definition) is 1. The van der Waals surface area contributed by atoms with Crippen LogP contribution in [0.25, 0.3) is 10.6 Å². The molecule has 100 valence electrons. The average molecular weight is 279 g/mol. The van der Waals surface area contributed by atoms with Crippen molar-refractivity contribution in [2.75, 3.05) is 19.0 Å². The van der Waals surface area contributed by atoms with Crippen molar-refractivity contribution in [3.63, 3.8) is 0 Å². The summed E-state index contributed by atoms with van der Waals surface area (Å²) in [5, 5.41) is 11.5.